The van der Waals surface area contributed by atoms with E-state index in [1.807, 2.05) is 6.07 Å². The molecule has 1 nitrogen and oxygen atoms in total. The van der Waals surface area contributed by atoms with Crippen molar-refractivity contribution in [1.82, 2.24) is 0 Å². The van der Waals surface area contributed by atoms with E-state index >= 15 is 0 Å². The van der Waals surface area contributed by atoms with Crippen molar-refractivity contribution in [1.29, 1.82) is 0 Å². The third-order valence-corrected chi connectivity index (χ3v) is 5.09. The minimum Gasteiger partial charge on any atom is -0.298 e. The number of thioether (sulfide) groups is 1. The highest BCUT2D eigenvalue weighted by Crippen LogP contribution is 2.34. The molecule has 0 aliphatic rings. The Morgan fingerprint density at radius 2 is 2.29 bits per heavy atom. The SMILES string of the molecule is CSc1cc2c(C=O)c(I)ccc2s1. The number of fused-ring (bicyclic) bond motifs is 1. The first kappa shape index (κ1) is 10.4. The quantitative estimate of drug-likeness (QED) is 0.468. The van der Waals surface area contributed by atoms with Gasteiger partial charge in [-0.2, -0.15) is 0 Å². The van der Waals surface area contributed by atoms with E-state index in [0.717, 1.165) is 20.8 Å². The van der Waals surface area contributed by atoms with Crippen molar-refractivity contribution in [3.8, 4) is 0 Å². The van der Waals surface area contributed by atoms with E-state index in [2.05, 4.69) is 41.0 Å². The molecular formula is C10H7IOS2. The summed E-state index contributed by atoms with van der Waals surface area (Å²) in [6.07, 6.45) is 3.00. The van der Waals surface area contributed by atoms with Gasteiger partial charge in [-0.1, -0.05) is 0 Å². The Hall–Kier alpha value is -0.0700. The van der Waals surface area contributed by atoms with E-state index in [9.17, 15) is 4.79 Å². The number of benzene rings is 1. The summed E-state index contributed by atoms with van der Waals surface area (Å²) in [4.78, 5) is 10.9. The Kier molecular flexibility index (Phi) is 3.14. The molecule has 0 aliphatic heterocycles. The summed E-state index contributed by atoms with van der Waals surface area (Å²) in [6.45, 7) is 0. The molecule has 0 unspecified atom stereocenters. The third kappa shape index (κ3) is 1.70. The average Bonchev–Trinajstić information content (AvgIpc) is 2.60. The lowest BCUT2D eigenvalue weighted by atomic mass is 10.1. The van der Waals surface area contributed by atoms with Crippen LogP contribution in [0, 0.1) is 3.57 Å². The van der Waals surface area contributed by atoms with Crippen LogP contribution in [0.5, 0.6) is 0 Å². The normalized spacial score (nSPS) is 10.7. The standard InChI is InChI=1S/C10H7IOS2/c1-13-10-4-6-7(5-12)8(11)2-3-9(6)14-10/h2-5H,1H3. The van der Waals surface area contributed by atoms with Gasteiger partial charge in [0.2, 0.25) is 0 Å². The molecule has 0 atom stereocenters. The molecule has 0 saturated carbocycles. The van der Waals surface area contributed by atoms with Gasteiger partial charge < -0.3 is 0 Å². The molecule has 1 aromatic carbocycles. The molecule has 0 N–H and O–H groups in total. The predicted octanol–water partition coefficient (Wildman–Crippen LogP) is 4.04. The molecule has 1 aromatic heterocycles. The van der Waals surface area contributed by atoms with Gasteiger partial charge in [-0.15, -0.1) is 23.1 Å². The number of halogens is 1. The first-order chi connectivity index (χ1) is 6.76. The molecule has 2 aromatic rings. The maximum atomic E-state index is 10.9. The summed E-state index contributed by atoms with van der Waals surface area (Å²) in [7, 11) is 0. The number of carbonyl (C=O) groups is 1. The van der Waals surface area contributed by atoms with Crippen LogP contribution in [0.4, 0.5) is 0 Å². The van der Waals surface area contributed by atoms with Crippen molar-refractivity contribution in [2.45, 2.75) is 4.21 Å². The number of rotatable bonds is 2. The number of carbonyl (C=O) groups excluding carboxylic acids is 1. The Balaban J connectivity index is 2.79. The van der Waals surface area contributed by atoms with Gasteiger partial charge in [0.25, 0.3) is 0 Å². The highest BCUT2D eigenvalue weighted by molar-refractivity contribution is 14.1. The van der Waals surface area contributed by atoms with Crippen molar-refractivity contribution in [3.05, 3.63) is 27.3 Å². The summed E-state index contributed by atoms with van der Waals surface area (Å²) in [5.41, 5.74) is 0.819. The third-order valence-electron chi connectivity index (χ3n) is 1.99. The lowest BCUT2D eigenvalue weighted by Gasteiger charge is -1.96. The van der Waals surface area contributed by atoms with Crippen LogP contribution < -0.4 is 0 Å². The lowest BCUT2D eigenvalue weighted by molar-refractivity contribution is 0.112. The molecule has 0 spiro atoms. The molecule has 0 aliphatic carbocycles. The predicted molar refractivity (Wildman–Crippen MR) is 71.7 cm³/mol. The van der Waals surface area contributed by atoms with Crippen LogP contribution in [0.2, 0.25) is 0 Å². The van der Waals surface area contributed by atoms with Gasteiger partial charge in [-0.05, 0) is 47.0 Å². The van der Waals surface area contributed by atoms with Gasteiger partial charge in [0.05, 0.1) is 4.21 Å². The molecule has 2 rings (SSSR count). The zero-order valence-corrected chi connectivity index (χ0v) is 11.2. The lowest BCUT2D eigenvalue weighted by Crippen LogP contribution is -1.84. The van der Waals surface area contributed by atoms with Crippen molar-refractivity contribution < 1.29 is 4.79 Å². The molecular weight excluding hydrogens is 327 g/mol. The van der Waals surface area contributed by atoms with E-state index in [1.165, 1.54) is 8.91 Å². The van der Waals surface area contributed by atoms with Gasteiger partial charge in [-0.25, -0.2) is 0 Å². The van der Waals surface area contributed by atoms with E-state index in [0.29, 0.717) is 0 Å². The highest BCUT2D eigenvalue weighted by Gasteiger charge is 2.08. The zero-order chi connectivity index (χ0) is 10.1. The fourth-order valence-electron chi connectivity index (χ4n) is 1.30. The van der Waals surface area contributed by atoms with E-state index in [4.69, 9.17) is 0 Å². The van der Waals surface area contributed by atoms with E-state index in [-0.39, 0.29) is 0 Å². The Morgan fingerprint density at radius 3 is 2.93 bits per heavy atom. The summed E-state index contributed by atoms with van der Waals surface area (Å²) in [5.74, 6) is 0. The minimum absolute atomic E-state index is 0.819. The molecule has 72 valence electrons. The second-order valence-electron chi connectivity index (χ2n) is 2.76. The zero-order valence-electron chi connectivity index (χ0n) is 7.41. The fraction of sp³-hybridized carbons (Fsp3) is 0.100. The maximum Gasteiger partial charge on any atom is 0.151 e. The van der Waals surface area contributed by atoms with Gasteiger partial charge in [0.1, 0.15) is 0 Å². The minimum atomic E-state index is 0.819. The number of thiophene rings is 1. The van der Waals surface area contributed by atoms with Crippen molar-refractivity contribution in [2.75, 3.05) is 6.26 Å². The molecule has 0 amide bonds. The van der Waals surface area contributed by atoms with Gasteiger partial charge >= 0.3 is 0 Å². The van der Waals surface area contributed by atoms with Crippen LogP contribution in [0.1, 0.15) is 10.4 Å². The van der Waals surface area contributed by atoms with Gasteiger partial charge in [0.15, 0.2) is 6.29 Å². The summed E-state index contributed by atoms with van der Waals surface area (Å²) in [6, 6.07) is 6.16. The molecule has 14 heavy (non-hydrogen) atoms. The molecule has 0 bridgehead atoms. The number of hydrogen-bond acceptors (Lipinski definition) is 3. The van der Waals surface area contributed by atoms with Crippen LogP contribution in [0.25, 0.3) is 10.1 Å². The van der Waals surface area contributed by atoms with Gasteiger partial charge in [0, 0.05) is 19.2 Å². The highest BCUT2D eigenvalue weighted by atomic mass is 127. The van der Waals surface area contributed by atoms with Crippen molar-refractivity contribution in [2.24, 2.45) is 0 Å². The molecule has 4 heteroatoms. The van der Waals surface area contributed by atoms with Crippen molar-refractivity contribution >= 4 is 62.1 Å². The van der Waals surface area contributed by atoms with Crippen LogP contribution in [-0.4, -0.2) is 12.5 Å². The van der Waals surface area contributed by atoms with Crippen LogP contribution in [0.3, 0.4) is 0 Å². The van der Waals surface area contributed by atoms with E-state index in [1.54, 1.807) is 23.1 Å². The Labute approximate surface area is 104 Å². The second kappa shape index (κ2) is 4.20. The number of aldehydes is 1. The van der Waals surface area contributed by atoms with Crippen LogP contribution >= 0.6 is 45.7 Å². The average molecular weight is 334 g/mol. The molecule has 1 heterocycles. The fourth-order valence-corrected chi connectivity index (χ4v) is 3.55. The summed E-state index contributed by atoms with van der Waals surface area (Å²) >= 11 is 5.65. The van der Waals surface area contributed by atoms with E-state index < -0.39 is 0 Å². The second-order valence-corrected chi connectivity index (χ2v) is 6.11. The van der Waals surface area contributed by atoms with Crippen molar-refractivity contribution in [3.63, 3.8) is 0 Å². The smallest absolute Gasteiger partial charge is 0.151 e. The van der Waals surface area contributed by atoms with Crippen LogP contribution in [0.15, 0.2) is 22.4 Å². The number of hydrogen-bond donors (Lipinski definition) is 0. The topological polar surface area (TPSA) is 17.1 Å². The monoisotopic (exact) mass is 334 g/mol. The Morgan fingerprint density at radius 1 is 1.50 bits per heavy atom. The molecule has 0 saturated heterocycles. The first-order valence-electron chi connectivity index (χ1n) is 3.97. The summed E-state index contributed by atoms with van der Waals surface area (Å²) in [5, 5.41) is 1.08. The maximum absolute atomic E-state index is 10.9. The Bertz CT molecular complexity index is 490. The first-order valence-corrected chi connectivity index (χ1v) is 7.09. The van der Waals surface area contributed by atoms with Gasteiger partial charge in [-0.3, -0.25) is 4.79 Å². The van der Waals surface area contributed by atoms with Crippen LogP contribution in [-0.2, 0) is 0 Å². The largest absolute Gasteiger partial charge is 0.298 e. The molecule has 0 radical (unpaired) electrons. The molecule has 0 fully saturated rings. The summed E-state index contributed by atoms with van der Waals surface area (Å²) < 4.78 is 3.47.